The molecule has 6 rings (SSSR count). The van der Waals surface area contributed by atoms with Crippen LogP contribution in [0.15, 0.2) is 133 Å². The van der Waals surface area contributed by atoms with Crippen molar-refractivity contribution in [1.29, 1.82) is 0 Å². The van der Waals surface area contributed by atoms with Crippen LogP contribution in [0.1, 0.15) is 22.3 Å². The van der Waals surface area contributed by atoms with Gasteiger partial charge in [-0.1, -0.05) is 109 Å². The highest BCUT2D eigenvalue weighted by atomic mass is 16.5. The summed E-state index contributed by atoms with van der Waals surface area (Å²) in [5.41, 5.74) is 6.47. The van der Waals surface area contributed by atoms with Gasteiger partial charge in [0.1, 0.15) is 23.0 Å². The fraction of sp³-hybridized carbons (Fsp3) is 0. The minimum atomic E-state index is 0.844. The van der Waals surface area contributed by atoms with Crippen molar-refractivity contribution in [2.75, 3.05) is 0 Å². The highest BCUT2D eigenvalue weighted by Crippen LogP contribution is 2.39. The van der Waals surface area contributed by atoms with Gasteiger partial charge in [-0.05, 0) is 35.4 Å². The molecule has 0 atom stereocenters. The van der Waals surface area contributed by atoms with Crippen molar-refractivity contribution in [3.8, 4) is 11.5 Å². The number of fused-ring (bicyclic) bond motifs is 2. The second kappa shape index (κ2) is 8.76. The van der Waals surface area contributed by atoms with E-state index in [1.807, 2.05) is 72.8 Å². The quantitative estimate of drug-likeness (QED) is 0.322. The third kappa shape index (κ3) is 3.87. The van der Waals surface area contributed by atoms with Crippen molar-refractivity contribution < 1.29 is 9.47 Å². The van der Waals surface area contributed by atoms with E-state index >= 15 is 0 Å². The molecule has 2 heteroatoms. The van der Waals surface area contributed by atoms with Gasteiger partial charge in [-0.2, -0.15) is 0 Å². The molecule has 0 bridgehead atoms. The lowest BCUT2D eigenvalue weighted by atomic mass is 9.96. The summed E-state index contributed by atoms with van der Waals surface area (Å²) in [6.07, 6.45) is 8.56. The molecule has 0 radical (unpaired) electrons. The maximum Gasteiger partial charge on any atom is 0.135 e. The largest absolute Gasteiger partial charge is 0.456 e. The number of rotatable bonds is 3. The minimum Gasteiger partial charge on any atom is -0.456 e. The molecule has 0 aliphatic carbocycles. The van der Waals surface area contributed by atoms with Crippen LogP contribution in [0.3, 0.4) is 0 Å². The topological polar surface area (TPSA) is 18.5 Å². The third-order valence-corrected chi connectivity index (χ3v) is 5.97. The predicted octanol–water partition coefficient (Wildman–Crippen LogP) is 8.02. The van der Waals surface area contributed by atoms with Gasteiger partial charge in [0.15, 0.2) is 0 Å². The first-order chi connectivity index (χ1) is 16.8. The third-order valence-electron chi connectivity index (χ3n) is 5.97. The number of allylic oxidation sites excluding steroid dienone is 6. The van der Waals surface area contributed by atoms with Crippen molar-refractivity contribution in [3.05, 3.63) is 156 Å². The molecule has 2 heterocycles. The van der Waals surface area contributed by atoms with Gasteiger partial charge in [0.05, 0.1) is 0 Å². The average molecular weight is 439 g/mol. The van der Waals surface area contributed by atoms with Crippen LogP contribution in [0.5, 0.6) is 11.5 Å². The molecule has 4 aromatic carbocycles. The SMILES string of the molecule is C1=C(c2ccccc2)Oc2ccccc2C1=CC=C1C=C(c2ccccc2)Oc2ccccc21. The lowest BCUT2D eigenvalue weighted by Gasteiger charge is -2.21. The van der Waals surface area contributed by atoms with E-state index in [0.29, 0.717) is 0 Å². The number of ether oxygens (including phenoxy) is 2. The summed E-state index contributed by atoms with van der Waals surface area (Å²) in [6, 6.07) is 36.7. The average Bonchev–Trinajstić information content (AvgIpc) is 2.92. The van der Waals surface area contributed by atoms with E-state index in [4.69, 9.17) is 9.47 Å². The van der Waals surface area contributed by atoms with Crippen LogP contribution < -0.4 is 9.47 Å². The van der Waals surface area contributed by atoms with E-state index in [-0.39, 0.29) is 0 Å². The summed E-state index contributed by atoms with van der Waals surface area (Å²) in [5, 5.41) is 0. The van der Waals surface area contributed by atoms with Crippen molar-refractivity contribution in [3.63, 3.8) is 0 Å². The molecule has 34 heavy (non-hydrogen) atoms. The van der Waals surface area contributed by atoms with Crippen LogP contribution in [0.4, 0.5) is 0 Å². The highest BCUT2D eigenvalue weighted by molar-refractivity contribution is 5.92. The van der Waals surface area contributed by atoms with Crippen molar-refractivity contribution in [2.24, 2.45) is 0 Å². The molecule has 0 saturated heterocycles. The first-order valence-corrected chi connectivity index (χ1v) is 11.4. The van der Waals surface area contributed by atoms with Gasteiger partial charge < -0.3 is 9.47 Å². The fourth-order valence-electron chi connectivity index (χ4n) is 4.27. The fourth-order valence-corrected chi connectivity index (χ4v) is 4.27. The van der Waals surface area contributed by atoms with Crippen LogP contribution in [0.2, 0.25) is 0 Å². The molecule has 0 saturated carbocycles. The molecule has 0 aromatic heterocycles. The van der Waals surface area contributed by atoms with E-state index < -0.39 is 0 Å². The molecule has 2 aliphatic rings. The van der Waals surface area contributed by atoms with Gasteiger partial charge in [0.2, 0.25) is 0 Å². The zero-order chi connectivity index (χ0) is 22.7. The van der Waals surface area contributed by atoms with Crippen LogP contribution in [0.25, 0.3) is 22.7 Å². The monoisotopic (exact) mass is 438 g/mol. The summed E-state index contributed by atoms with van der Waals surface area (Å²) < 4.78 is 12.5. The summed E-state index contributed by atoms with van der Waals surface area (Å²) in [5.74, 6) is 3.41. The number of hydrogen-bond donors (Lipinski definition) is 0. The zero-order valence-electron chi connectivity index (χ0n) is 18.5. The maximum atomic E-state index is 6.24. The van der Waals surface area contributed by atoms with Crippen molar-refractivity contribution >= 4 is 22.7 Å². The van der Waals surface area contributed by atoms with Crippen LogP contribution in [-0.4, -0.2) is 0 Å². The van der Waals surface area contributed by atoms with Crippen LogP contribution in [0, 0.1) is 0 Å². The van der Waals surface area contributed by atoms with Crippen molar-refractivity contribution in [2.45, 2.75) is 0 Å². The van der Waals surface area contributed by atoms with E-state index in [2.05, 4.69) is 60.7 Å². The second-order valence-electron chi connectivity index (χ2n) is 8.19. The summed E-state index contributed by atoms with van der Waals surface area (Å²) in [6.45, 7) is 0. The van der Waals surface area contributed by atoms with Crippen molar-refractivity contribution in [1.82, 2.24) is 0 Å². The standard InChI is InChI=1S/C32H22O2/c1-3-11-23(12-4-1)31-21-25(27-15-7-9-17-29(27)33-31)19-20-26-22-32(24-13-5-2-6-14-24)34-30-18-10-8-16-28(26)30/h1-22H. The Kier molecular flexibility index (Phi) is 5.17. The Balaban J connectivity index is 1.47. The zero-order valence-corrected chi connectivity index (χ0v) is 18.5. The van der Waals surface area contributed by atoms with E-state index in [9.17, 15) is 0 Å². The Morgan fingerprint density at radius 2 is 0.794 bits per heavy atom. The Labute approximate surface area is 199 Å². The molecule has 0 spiro atoms. The normalized spacial score (nSPS) is 16.6. The summed E-state index contributed by atoms with van der Waals surface area (Å²) >= 11 is 0. The number of hydrogen-bond acceptors (Lipinski definition) is 2. The summed E-state index contributed by atoms with van der Waals surface area (Å²) in [7, 11) is 0. The Morgan fingerprint density at radius 3 is 1.24 bits per heavy atom. The molecular weight excluding hydrogens is 416 g/mol. The van der Waals surface area contributed by atoms with Gasteiger partial charge >= 0.3 is 0 Å². The van der Waals surface area contributed by atoms with E-state index in [0.717, 1.165) is 56.4 Å². The first kappa shape index (κ1) is 20.1. The molecule has 0 N–H and O–H groups in total. The molecule has 0 fully saturated rings. The molecule has 4 aromatic rings. The van der Waals surface area contributed by atoms with Gasteiger partial charge in [-0.3, -0.25) is 0 Å². The minimum absolute atomic E-state index is 0.844. The lowest BCUT2D eigenvalue weighted by molar-refractivity contribution is 0.509. The second-order valence-corrected chi connectivity index (χ2v) is 8.19. The lowest BCUT2D eigenvalue weighted by Crippen LogP contribution is -2.04. The molecule has 0 unspecified atom stereocenters. The molecule has 2 nitrogen and oxygen atoms in total. The van der Waals surface area contributed by atoms with Gasteiger partial charge in [-0.25, -0.2) is 0 Å². The summed E-state index contributed by atoms with van der Waals surface area (Å²) in [4.78, 5) is 0. The van der Waals surface area contributed by atoms with Crippen LogP contribution in [-0.2, 0) is 0 Å². The molecule has 162 valence electrons. The van der Waals surface area contributed by atoms with Gasteiger partial charge in [-0.15, -0.1) is 0 Å². The molecule has 2 aliphatic heterocycles. The molecular formula is C32H22O2. The Bertz CT molecular complexity index is 1360. The molecule has 0 amide bonds. The first-order valence-electron chi connectivity index (χ1n) is 11.4. The van der Waals surface area contributed by atoms with E-state index in [1.165, 1.54) is 0 Å². The number of para-hydroxylation sites is 2. The Hall–Kier alpha value is -4.56. The van der Waals surface area contributed by atoms with Gasteiger partial charge in [0, 0.05) is 22.3 Å². The number of benzene rings is 4. The van der Waals surface area contributed by atoms with Gasteiger partial charge in [0.25, 0.3) is 0 Å². The highest BCUT2D eigenvalue weighted by Gasteiger charge is 2.19. The smallest absolute Gasteiger partial charge is 0.135 e. The van der Waals surface area contributed by atoms with E-state index in [1.54, 1.807) is 0 Å². The van der Waals surface area contributed by atoms with Crippen LogP contribution >= 0.6 is 0 Å². The maximum absolute atomic E-state index is 6.24. The predicted molar refractivity (Wildman–Crippen MR) is 139 cm³/mol. The Morgan fingerprint density at radius 1 is 0.412 bits per heavy atom.